The molecule has 5 nitrogen and oxygen atoms in total. The fraction of sp³-hybridized carbons (Fsp3) is 0.533. The van der Waals surface area contributed by atoms with Crippen molar-refractivity contribution in [2.45, 2.75) is 38.5 Å². The van der Waals surface area contributed by atoms with Gasteiger partial charge in [0.15, 0.2) is 0 Å². The summed E-state index contributed by atoms with van der Waals surface area (Å²) >= 11 is 5.90. The van der Waals surface area contributed by atoms with Crippen LogP contribution in [-0.4, -0.2) is 38.9 Å². The molecule has 0 unspecified atom stereocenters. The van der Waals surface area contributed by atoms with Gasteiger partial charge in [-0.1, -0.05) is 24.9 Å². The van der Waals surface area contributed by atoms with Crippen LogP contribution in [0.4, 0.5) is 0 Å². The Labute approximate surface area is 137 Å². The molecule has 1 rings (SSSR count). The fourth-order valence-corrected chi connectivity index (χ4v) is 3.18. The molecule has 22 heavy (non-hydrogen) atoms. The zero-order valence-electron chi connectivity index (χ0n) is 13.2. The lowest BCUT2D eigenvalue weighted by Crippen LogP contribution is -2.38. The third kappa shape index (κ3) is 5.59. The predicted octanol–water partition coefficient (Wildman–Crippen LogP) is 2.58. The van der Waals surface area contributed by atoms with Crippen LogP contribution >= 0.6 is 11.6 Å². The number of sulfonamides is 1. The predicted molar refractivity (Wildman–Crippen MR) is 88.5 cm³/mol. The third-order valence-electron chi connectivity index (χ3n) is 3.34. The monoisotopic (exact) mass is 346 g/mol. The summed E-state index contributed by atoms with van der Waals surface area (Å²) < 4.78 is 26.9. The molecule has 1 aromatic carbocycles. The van der Waals surface area contributed by atoms with E-state index in [1.54, 1.807) is 17.9 Å². The Morgan fingerprint density at radius 1 is 1.32 bits per heavy atom. The molecule has 0 aliphatic heterocycles. The van der Waals surface area contributed by atoms with Crippen LogP contribution in [0.1, 0.15) is 32.3 Å². The van der Waals surface area contributed by atoms with Crippen LogP contribution in [-0.2, 0) is 14.8 Å². The molecule has 0 saturated carbocycles. The highest BCUT2D eigenvalue weighted by atomic mass is 35.5. The van der Waals surface area contributed by atoms with Gasteiger partial charge < -0.3 is 4.90 Å². The average Bonchev–Trinajstić information content (AvgIpc) is 2.45. The number of hydrogen-bond donors (Lipinski definition) is 1. The minimum absolute atomic E-state index is 0.0463. The molecular formula is C15H23ClN2O3S. The summed E-state index contributed by atoms with van der Waals surface area (Å²) in [5.74, 6) is -0.0463. The van der Waals surface area contributed by atoms with E-state index in [0.717, 1.165) is 12.8 Å². The van der Waals surface area contributed by atoms with E-state index in [1.807, 2.05) is 6.92 Å². The lowest BCUT2D eigenvalue weighted by molar-refractivity contribution is -0.128. The number of unbranched alkanes of at least 4 members (excludes halogenated alkanes) is 1. The first kappa shape index (κ1) is 18.9. The molecule has 0 radical (unpaired) electrons. The molecule has 124 valence electrons. The van der Waals surface area contributed by atoms with Gasteiger partial charge >= 0.3 is 0 Å². The molecule has 1 N–H and O–H groups in total. The number of carbonyl (C=O) groups is 1. The number of rotatable bonds is 8. The van der Waals surface area contributed by atoms with E-state index in [4.69, 9.17) is 11.6 Å². The van der Waals surface area contributed by atoms with Gasteiger partial charge in [-0.05, 0) is 37.1 Å². The average molecular weight is 347 g/mol. The number of hydrogen-bond acceptors (Lipinski definition) is 3. The van der Waals surface area contributed by atoms with Crippen molar-refractivity contribution >= 4 is 27.5 Å². The zero-order valence-corrected chi connectivity index (χ0v) is 14.8. The van der Waals surface area contributed by atoms with E-state index in [-0.39, 0.29) is 17.3 Å². The quantitative estimate of drug-likeness (QED) is 0.786. The molecule has 0 aliphatic carbocycles. The number of nitrogens with one attached hydrogen (secondary N) is 1. The molecule has 0 heterocycles. The van der Waals surface area contributed by atoms with Gasteiger partial charge in [0.2, 0.25) is 15.9 Å². The minimum Gasteiger partial charge on any atom is -0.342 e. The molecule has 0 fully saturated rings. The maximum absolute atomic E-state index is 12.2. The first-order chi connectivity index (χ1) is 10.3. The maximum atomic E-state index is 12.2. The second kappa shape index (κ2) is 8.50. The van der Waals surface area contributed by atoms with Crippen molar-refractivity contribution in [1.29, 1.82) is 0 Å². The maximum Gasteiger partial charge on any atom is 0.240 e. The van der Waals surface area contributed by atoms with Gasteiger partial charge in [0.25, 0.3) is 0 Å². The van der Waals surface area contributed by atoms with E-state index in [9.17, 15) is 13.2 Å². The van der Waals surface area contributed by atoms with Crippen molar-refractivity contribution in [3.63, 3.8) is 0 Å². The Morgan fingerprint density at radius 3 is 2.55 bits per heavy atom. The second-order valence-electron chi connectivity index (χ2n) is 5.17. The Kier molecular flexibility index (Phi) is 7.32. The minimum atomic E-state index is -3.59. The van der Waals surface area contributed by atoms with Crippen LogP contribution in [0.3, 0.4) is 0 Å². The van der Waals surface area contributed by atoms with Crippen LogP contribution in [0.5, 0.6) is 0 Å². The number of halogens is 1. The summed E-state index contributed by atoms with van der Waals surface area (Å²) in [4.78, 5) is 13.3. The first-order valence-electron chi connectivity index (χ1n) is 7.29. The van der Waals surface area contributed by atoms with Crippen molar-refractivity contribution in [3.8, 4) is 0 Å². The summed E-state index contributed by atoms with van der Waals surface area (Å²) in [6, 6.07) is 4.57. The van der Waals surface area contributed by atoms with E-state index >= 15 is 0 Å². The Morgan fingerprint density at radius 2 is 2.00 bits per heavy atom. The van der Waals surface area contributed by atoms with Crippen LogP contribution < -0.4 is 4.72 Å². The molecule has 7 heteroatoms. The number of nitrogens with zero attached hydrogens (tertiary/aromatic N) is 1. The molecule has 0 atom stereocenters. The summed E-state index contributed by atoms with van der Waals surface area (Å²) in [6.45, 7) is 6.49. The normalized spacial score (nSPS) is 11.5. The standard InChI is InChI=1S/C15H23ClN2O3S/c1-4-5-9-18(13(3)19)10-8-17-22(20,21)14-6-7-15(16)12(2)11-14/h6-7,11,17H,4-5,8-10H2,1-3H3. The van der Waals surface area contributed by atoms with Crippen LogP contribution in [0.25, 0.3) is 0 Å². The first-order valence-corrected chi connectivity index (χ1v) is 9.15. The fourth-order valence-electron chi connectivity index (χ4n) is 1.96. The highest BCUT2D eigenvalue weighted by Gasteiger charge is 2.15. The van der Waals surface area contributed by atoms with Gasteiger partial charge in [-0.2, -0.15) is 0 Å². The van der Waals surface area contributed by atoms with E-state index in [2.05, 4.69) is 4.72 Å². The molecule has 1 aromatic rings. The van der Waals surface area contributed by atoms with Crippen molar-refractivity contribution in [2.24, 2.45) is 0 Å². The lowest BCUT2D eigenvalue weighted by atomic mass is 10.2. The van der Waals surface area contributed by atoms with Crippen LogP contribution in [0, 0.1) is 6.92 Å². The smallest absolute Gasteiger partial charge is 0.240 e. The van der Waals surface area contributed by atoms with E-state index in [0.29, 0.717) is 23.7 Å². The van der Waals surface area contributed by atoms with Crippen LogP contribution in [0.15, 0.2) is 23.1 Å². The Hall–Kier alpha value is -1.11. The second-order valence-corrected chi connectivity index (χ2v) is 7.34. The highest BCUT2D eigenvalue weighted by Crippen LogP contribution is 2.19. The summed E-state index contributed by atoms with van der Waals surface area (Å²) in [6.07, 6.45) is 1.89. The van der Waals surface area contributed by atoms with Crippen molar-refractivity contribution in [3.05, 3.63) is 28.8 Å². The number of benzene rings is 1. The number of amides is 1. The van der Waals surface area contributed by atoms with Crippen molar-refractivity contribution < 1.29 is 13.2 Å². The van der Waals surface area contributed by atoms with E-state index < -0.39 is 10.0 Å². The molecular weight excluding hydrogens is 324 g/mol. The molecule has 0 saturated heterocycles. The molecule has 0 aliphatic rings. The van der Waals surface area contributed by atoms with Crippen molar-refractivity contribution in [2.75, 3.05) is 19.6 Å². The molecule has 1 amide bonds. The van der Waals surface area contributed by atoms with E-state index in [1.165, 1.54) is 19.1 Å². The number of aryl methyl sites for hydroxylation is 1. The topological polar surface area (TPSA) is 66.5 Å². The van der Waals surface area contributed by atoms with Gasteiger partial charge in [-0.3, -0.25) is 4.79 Å². The van der Waals surface area contributed by atoms with Gasteiger partial charge in [0, 0.05) is 31.6 Å². The highest BCUT2D eigenvalue weighted by molar-refractivity contribution is 7.89. The van der Waals surface area contributed by atoms with Gasteiger partial charge in [-0.25, -0.2) is 13.1 Å². The summed E-state index contributed by atoms with van der Waals surface area (Å²) in [5, 5.41) is 0.529. The summed E-state index contributed by atoms with van der Waals surface area (Å²) in [5.41, 5.74) is 0.706. The molecule has 0 spiro atoms. The van der Waals surface area contributed by atoms with Crippen LogP contribution in [0.2, 0.25) is 5.02 Å². The third-order valence-corrected chi connectivity index (χ3v) is 5.22. The summed E-state index contributed by atoms with van der Waals surface area (Å²) in [7, 11) is -3.59. The molecule has 0 bridgehead atoms. The lowest BCUT2D eigenvalue weighted by Gasteiger charge is -2.21. The van der Waals surface area contributed by atoms with Gasteiger partial charge in [0.05, 0.1) is 4.90 Å². The largest absolute Gasteiger partial charge is 0.342 e. The van der Waals surface area contributed by atoms with Gasteiger partial charge in [0.1, 0.15) is 0 Å². The molecule has 0 aromatic heterocycles. The SMILES string of the molecule is CCCCN(CCNS(=O)(=O)c1ccc(Cl)c(C)c1)C(C)=O. The zero-order chi connectivity index (χ0) is 16.8. The van der Waals surface area contributed by atoms with Crippen molar-refractivity contribution in [1.82, 2.24) is 9.62 Å². The Balaban J connectivity index is 2.65. The number of carbonyl (C=O) groups excluding carboxylic acids is 1. The van der Waals surface area contributed by atoms with Gasteiger partial charge in [-0.15, -0.1) is 0 Å². The Bertz CT molecular complexity index is 617.